The molecule has 0 radical (unpaired) electrons. The first kappa shape index (κ1) is 13.7. The highest BCUT2D eigenvalue weighted by Crippen LogP contribution is 2.42. The zero-order chi connectivity index (χ0) is 15.0. The Morgan fingerprint density at radius 3 is 2.62 bits per heavy atom. The molecular weight excluding hydrogens is 266 g/mol. The Morgan fingerprint density at radius 2 is 1.90 bits per heavy atom. The fourth-order valence-corrected chi connectivity index (χ4v) is 3.28. The van der Waals surface area contributed by atoms with Crippen LogP contribution < -0.4 is 16.4 Å². The van der Waals surface area contributed by atoms with E-state index in [1.54, 1.807) is 6.07 Å². The second-order valence-electron chi connectivity index (χ2n) is 5.81. The maximum absolute atomic E-state index is 10.3. The Kier molecular flexibility index (Phi) is 3.23. The normalized spacial score (nSPS) is 21.1. The standard InChI is InChI=1S/C15H21N5O/c1-10-5-6-12(21)11(9-10)20-14(17)18-13(16)19-15(20)7-3-2-4-8-15/h5-6,9,21H,2-4,7-8H2,1H3,(H4,16,17,18,19). The van der Waals surface area contributed by atoms with Gasteiger partial charge in [-0.15, -0.1) is 0 Å². The number of rotatable bonds is 1. The lowest BCUT2D eigenvalue weighted by atomic mass is 9.87. The summed E-state index contributed by atoms with van der Waals surface area (Å²) in [5.74, 6) is 0.697. The number of hydrogen-bond donors (Lipinski definition) is 3. The number of hydrogen-bond acceptors (Lipinski definition) is 6. The molecule has 1 fully saturated rings. The van der Waals surface area contributed by atoms with Gasteiger partial charge in [-0.2, -0.15) is 4.99 Å². The summed E-state index contributed by atoms with van der Waals surface area (Å²) in [6, 6.07) is 5.45. The lowest BCUT2D eigenvalue weighted by Crippen LogP contribution is -2.58. The molecule has 1 spiro atoms. The molecule has 6 heteroatoms. The minimum atomic E-state index is -0.514. The number of aryl methyl sites for hydroxylation is 1. The van der Waals surface area contributed by atoms with Crippen LogP contribution in [0.15, 0.2) is 28.2 Å². The molecule has 1 aromatic rings. The van der Waals surface area contributed by atoms with Crippen molar-refractivity contribution in [3.8, 4) is 5.75 Å². The van der Waals surface area contributed by atoms with E-state index < -0.39 is 5.66 Å². The number of nitrogens with zero attached hydrogens (tertiary/aromatic N) is 3. The SMILES string of the molecule is Cc1ccc(O)c(N2C(N)=NC(N)=NC23CCCCC3)c1. The first-order chi connectivity index (χ1) is 10.0. The molecule has 1 aliphatic heterocycles. The Morgan fingerprint density at radius 1 is 1.19 bits per heavy atom. The molecule has 0 amide bonds. The zero-order valence-corrected chi connectivity index (χ0v) is 12.2. The minimum Gasteiger partial charge on any atom is -0.506 e. The second-order valence-corrected chi connectivity index (χ2v) is 5.81. The lowest BCUT2D eigenvalue weighted by Gasteiger charge is -2.45. The molecule has 1 aliphatic carbocycles. The van der Waals surface area contributed by atoms with E-state index >= 15 is 0 Å². The quantitative estimate of drug-likeness (QED) is 0.733. The molecule has 2 aliphatic rings. The number of aromatic hydroxyl groups is 1. The Balaban J connectivity index is 2.13. The number of aliphatic imine (C=N–C) groups is 2. The van der Waals surface area contributed by atoms with Gasteiger partial charge in [-0.05, 0) is 50.3 Å². The first-order valence-electron chi connectivity index (χ1n) is 7.31. The molecule has 0 unspecified atom stereocenters. The van der Waals surface area contributed by atoms with Crippen molar-refractivity contribution in [3.63, 3.8) is 0 Å². The van der Waals surface area contributed by atoms with E-state index in [4.69, 9.17) is 11.5 Å². The predicted molar refractivity (Wildman–Crippen MR) is 84.4 cm³/mol. The second kappa shape index (κ2) is 4.95. The van der Waals surface area contributed by atoms with Crippen LogP contribution >= 0.6 is 0 Å². The average molecular weight is 287 g/mol. The van der Waals surface area contributed by atoms with Gasteiger partial charge in [-0.3, -0.25) is 4.90 Å². The first-order valence-corrected chi connectivity index (χ1v) is 7.31. The molecule has 0 atom stereocenters. The van der Waals surface area contributed by atoms with Gasteiger partial charge >= 0.3 is 0 Å². The molecule has 21 heavy (non-hydrogen) atoms. The summed E-state index contributed by atoms with van der Waals surface area (Å²) >= 11 is 0. The fraction of sp³-hybridized carbons (Fsp3) is 0.467. The summed E-state index contributed by atoms with van der Waals surface area (Å²) in [6.45, 7) is 1.98. The van der Waals surface area contributed by atoms with E-state index in [2.05, 4.69) is 9.98 Å². The highest BCUT2D eigenvalue weighted by Gasteiger charge is 2.43. The van der Waals surface area contributed by atoms with Gasteiger partial charge < -0.3 is 16.6 Å². The number of phenolic OH excluding ortho intramolecular Hbond substituents is 1. The summed E-state index contributed by atoms with van der Waals surface area (Å²) in [5.41, 5.74) is 13.1. The largest absolute Gasteiger partial charge is 0.506 e. The number of guanidine groups is 2. The summed E-state index contributed by atoms with van der Waals surface area (Å²) < 4.78 is 0. The van der Waals surface area contributed by atoms with E-state index in [-0.39, 0.29) is 11.7 Å². The third-order valence-corrected chi connectivity index (χ3v) is 4.22. The molecule has 3 rings (SSSR count). The third-order valence-electron chi connectivity index (χ3n) is 4.22. The third kappa shape index (κ3) is 2.30. The summed E-state index contributed by atoms with van der Waals surface area (Å²) in [4.78, 5) is 10.5. The molecule has 0 bridgehead atoms. The average Bonchev–Trinajstić information content (AvgIpc) is 2.42. The van der Waals surface area contributed by atoms with Gasteiger partial charge in [0.15, 0.2) is 0 Å². The van der Waals surface area contributed by atoms with Crippen LogP contribution in [-0.2, 0) is 0 Å². The van der Waals surface area contributed by atoms with Crippen molar-refractivity contribution in [2.24, 2.45) is 21.5 Å². The van der Waals surface area contributed by atoms with Crippen molar-refractivity contribution in [3.05, 3.63) is 23.8 Å². The van der Waals surface area contributed by atoms with Gasteiger partial charge in [0, 0.05) is 0 Å². The summed E-state index contributed by atoms with van der Waals surface area (Å²) in [7, 11) is 0. The number of anilines is 1. The van der Waals surface area contributed by atoms with Gasteiger partial charge in [0.2, 0.25) is 11.9 Å². The molecule has 5 N–H and O–H groups in total. The minimum absolute atomic E-state index is 0.180. The molecule has 1 heterocycles. The van der Waals surface area contributed by atoms with Gasteiger partial charge in [0.25, 0.3) is 0 Å². The van der Waals surface area contributed by atoms with Crippen molar-refractivity contribution >= 4 is 17.6 Å². The highest BCUT2D eigenvalue weighted by atomic mass is 16.3. The fourth-order valence-electron chi connectivity index (χ4n) is 3.28. The van der Waals surface area contributed by atoms with Crippen molar-refractivity contribution in [1.82, 2.24) is 0 Å². The number of phenols is 1. The van der Waals surface area contributed by atoms with Crippen molar-refractivity contribution in [2.75, 3.05) is 4.90 Å². The number of nitrogens with two attached hydrogens (primary N) is 2. The van der Waals surface area contributed by atoms with E-state index in [0.29, 0.717) is 11.6 Å². The molecule has 0 saturated heterocycles. The number of benzene rings is 1. The molecule has 1 aromatic carbocycles. The van der Waals surface area contributed by atoms with Gasteiger partial charge in [-0.1, -0.05) is 12.5 Å². The van der Waals surface area contributed by atoms with Crippen LogP contribution in [0.5, 0.6) is 5.75 Å². The molecule has 0 aromatic heterocycles. The molecule has 6 nitrogen and oxygen atoms in total. The van der Waals surface area contributed by atoms with E-state index in [1.165, 1.54) is 6.42 Å². The Labute approximate surface area is 124 Å². The van der Waals surface area contributed by atoms with E-state index in [1.807, 2.05) is 24.0 Å². The summed E-state index contributed by atoms with van der Waals surface area (Å²) in [5, 5.41) is 10.3. The molecule has 112 valence electrons. The van der Waals surface area contributed by atoms with Crippen LogP contribution in [0, 0.1) is 6.92 Å². The maximum atomic E-state index is 10.3. The Hall–Kier alpha value is -2.24. The topological polar surface area (TPSA) is 100 Å². The van der Waals surface area contributed by atoms with Crippen LogP contribution in [0.4, 0.5) is 5.69 Å². The van der Waals surface area contributed by atoms with E-state index in [9.17, 15) is 5.11 Å². The zero-order valence-electron chi connectivity index (χ0n) is 12.2. The van der Waals surface area contributed by atoms with Gasteiger partial charge in [0.1, 0.15) is 11.4 Å². The van der Waals surface area contributed by atoms with Crippen LogP contribution in [-0.4, -0.2) is 22.7 Å². The van der Waals surface area contributed by atoms with Crippen molar-refractivity contribution in [2.45, 2.75) is 44.7 Å². The van der Waals surface area contributed by atoms with Crippen LogP contribution in [0.1, 0.15) is 37.7 Å². The van der Waals surface area contributed by atoms with Crippen LogP contribution in [0.2, 0.25) is 0 Å². The van der Waals surface area contributed by atoms with E-state index in [0.717, 1.165) is 31.2 Å². The predicted octanol–water partition coefficient (Wildman–Crippen LogP) is 1.81. The monoisotopic (exact) mass is 287 g/mol. The van der Waals surface area contributed by atoms with Gasteiger partial charge in [-0.25, -0.2) is 4.99 Å². The lowest BCUT2D eigenvalue weighted by molar-refractivity contribution is 0.303. The molecule has 1 saturated carbocycles. The highest BCUT2D eigenvalue weighted by molar-refractivity contribution is 6.06. The van der Waals surface area contributed by atoms with Crippen LogP contribution in [0.3, 0.4) is 0 Å². The molecular formula is C15H21N5O. The Bertz CT molecular complexity index is 616. The van der Waals surface area contributed by atoms with Crippen molar-refractivity contribution in [1.29, 1.82) is 0 Å². The van der Waals surface area contributed by atoms with Gasteiger partial charge in [0.05, 0.1) is 5.69 Å². The summed E-state index contributed by atoms with van der Waals surface area (Å²) in [6.07, 6.45) is 5.02. The van der Waals surface area contributed by atoms with Crippen LogP contribution in [0.25, 0.3) is 0 Å². The smallest absolute Gasteiger partial charge is 0.220 e. The van der Waals surface area contributed by atoms with Crippen molar-refractivity contribution < 1.29 is 5.11 Å². The maximum Gasteiger partial charge on any atom is 0.220 e.